The second kappa shape index (κ2) is 7.55. The average molecular weight is 555 g/mol. The van der Waals surface area contributed by atoms with Gasteiger partial charge in [-0.05, 0) is 0 Å². The predicted molar refractivity (Wildman–Crippen MR) is 103 cm³/mol. The topological polar surface area (TPSA) is 25.8 Å². The summed E-state index contributed by atoms with van der Waals surface area (Å²) in [6.07, 6.45) is 0. The Morgan fingerprint density at radius 3 is 1.48 bits per heavy atom. The van der Waals surface area contributed by atoms with Gasteiger partial charge in [0, 0.05) is 0 Å². The van der Waals surface area contributed by atoms with Gasteiger partial charge in [0.05, 0.1) is 0 Å². The summed E-state index contributed by atoms with van der Waals surface area (Å²) in [5.74, 6) is 0. The van der Waals surface area contributed by atoms with Crippen LogP contribution in [0.25, 0.3) is 0 Å². The van der Waals surface area contributed by atoms with E-state index in [2.05, 4.69) is 73.5 Å². The van der Waals surface area contributed by atoms with Crippen molar-refractivity contribution in [3.63, 3.8) is 0 Å². The molecular weight excluding hydrogens is 539 g/mol. The monoisotopic (exact) mass is 554 g/mol. The Kier molecular flexibility index (Phi) is 6.51. The quantitative estimate of drug-likeness (QED) is 0.445. The fraction of sp³-hybridized carbons (Fsp3) is 0.286. The Bertz CT molecular complexity index is 569. The molecule has 0 fully saturated rings. The van der Waals surface area contributed by atoms with Crippen LogP contribution in [-0.2, 0) is 0 Å². The maximum atomic E-state index is 4.62. The van der Waals surface area contributed by atoms with Gasteiger partial charge in [0.2, 0.25) is 0 Å². The standard InChI is InChI=1S/2C7H9NS.2BrH.Sn/c2*1-5-3-6(2)8-7(9)4-5;;;/h2*3-4H,1-2H3,(H,8,9);2*1H;/q;;;;+4/p-4. The normalized spacial score (nSPS) is 11.7. The summed E-state index contributed by atoms with van der Waals surface area (Å²) in [5, 5.41) is 2.16. The number of hydrogen-bond donors (Lipinski definition) is 0. The number of pyridine rings is 2. The molecule has 2 aromatic rings. The zero-order chi connectivity index (χ0) is 15.6. The summed E-state index contributed by atoms with van der Waals surface area (Å²) < 4.78 is 0. The van der Waals surface area contributed by atoms with Crippen molar-refractivity contribution in [2.75, 3.05) is 0 Å². The molecule has 2 aromatic heterocycles. The summed E-state index contributed by atoms with van der Waals surface area (Å²) in [7, 11) is 3.67. The Labute approximate surface area is 147 Å². The average Bonchev–Trinajstić information content (AvgIpc) is 2.23. The zero-order valence-electron chi connectivity index (χ0n) is 12.3. The van der Waals surface area contributed by atoms with Gasteiger partial charge in [-0.1, -0.05) is 0 Å². The molecule has 0 spiro atoms. The van der Waals surface area contributed by atoms with Crippen LogP contribution in [0.2, 0.25) is 0 Å². The second-order valence-corrected chi connectivity index (χ2v) is 59.4. The number of rotatable bonds is 4. The minimum absolute atomic E-state index is 1.06. The van der Waals surface area contributed by atoms with E-state index in [1.165, 1.54) is 11.1 Å². The summed E-state index contributed by atoms with van der Waals surface area (Å²) in [6, 6.07) is 8.48. The second-order valence-electron chi connectivity index (χ2n) is 4.92. The number of aryl methyl sites for hydroxylation is 4. The SMILES string of the molecule is Cc1cc(C)nc([S][Sn]([Br])([Br])[S]c2cc(C)cc(C)n2)c1. The molecule has 21 heavy (non-hydrogen) atoms. The van der Waals surface area contributed by atoms with Gasteiger partial charge < -0.3 is 0 Å². The van der Waals surface area contributed by atoms with E-state index in [9.17, 15) is 0 Å². The van der Waals surface area contributed by atoms with Crippen molar-refractivity contribution >= 4 is 54.5 Å². The van der Waals surface area contributed by atoms with Crippen molar-refractivity contribution in [1.29, 1.82) is 0 Å². The fourth-order valence-electron chi connectivity index (χ4n) is 1.98. The van der Waals surface area contributed by atoms with Crippen LogP contribution in [0, 0.1) is 27.7 Å². The zero-order valence-corrected chi connectivity index (χ0v) is 19.9. The predicted octanol–water partition coefficient (Wildman–Crippen LogP) is 5.82. The number of nitrogens with zero attached hydrogens (tertiary/aromatic N) is 2. The van der Waals surface area contributed by atoms with Gasteiger partial charge in [-0.15, -0.1) is 0 Å². The molecule has 0 amide bonds. The summed E-state index contributed by atoms with van der Waals surface area (Å²) in [4.78, 5) is 9.24. The minimum atomic E-state index is -2.74. The molecule has 112 valence electrons. The molecule has 0 saturated carbocycles. The molecule has 0 aliphatic rings. The third kappa shape index (κ3) is 6.05. The molecule has 0 N–H and O–H groups in total. The van der Waals surface area contributed by atoms with Crippen molar-refractivity contribution in [2.45, 2.75) is 37.7 Å². The van der Waals surface area contributed by atoms with Crippen molar-refractivity contribution < 1.29 is 0 Å². The molecule has 0 aliphatic heterocycles. The first-order valence-electron chi connectivity index (χ1n) is 6.40. The van der Waals surface area contributed by atoms with Gasteiger partial charge in [0.25, 0.3) is 0 Å². The van der Waals surface area contributed by atoms with Crippen molar-refractivity contribution in [3.05, 3.63) is 46.8 Å². The van der Waals surface area contributed by atoms with E-state index >= 15 is 0 Å². The van der Waals surface area contributed by atoms with Gasteiger partial charge in [0.15, 0.2) is 0 Å². The van der Waals surface area contributed by atoms with Crippen molar-refractivity contribution in [1.82, 2.24) is 9.97 Å². The van der Waals surface area contributed by atoms with Gasteiger partial charge in [-0.25, -0.2) is 0 Å². The van der Waals surface area contributed by atoms with Crippen LogP contribution in [0.3, 0.4) is 0 Å². The Morgan fingerprint density at radius 2 is 1.14 bits per heavy atom. The molecule has 2 heterocycles. The van der Waals surface area contributed by atoms with Crippen LogP contribution in [0.15, 0.2) is 34.3 Å². The first-order valence-corrected chi connectivity index (χ1v) is 27.8. The van der Waals surface area contributed by atoms with Crippen LogP contribution in [0.5, 0.6) is 0 Å². The van der Waals surface area contributed by atoms with Gasteiger partial charge in [-0.3, -0.25) is 0 Å². The van der Waals surface area contributed by atoms with E-state index < -0.39 is 11.2 Å². The van der Waals surface area contributed by atoms with Crippen LogP contribution in [0.4, 0.5) is 0 Å². The maximum absolute atomic E-state index is 4.62. The number of halogens is 2. The van der Waals surface area contributed by atoms with Gasteiger partial charge in [-0.2, -0.15) is 0 Å². The van der Waals surface area contributed by atoms with E-state index in [0.717, 1.165) is 21.4 Å². The number of aromatic nitrogens is 2. The first kappa shape index (κ1) is 18.1. The van der Waals surface area contributed by atoms with Crippen LogP contribution >= 0.6 is 43.3 Å². The molecule has 0 aromatic carbocycles. The molecule has 7 heteroatoms. The van der Waals surface area contributed by atoms with Gasteiger partial charge >= 0.3 is 149 Å². The molecule has 0 unspecified atom stereocenters. The van der Waals surface area contributed by atoms with E-state index in [4.69, 9.17) is 0 Å². The molecule has 0 aliphatic carbocycles. The fourth-order valence-corrected chi connectivity index (χ4v) is 27.3. The van der Waals surface area contributed by atoms with Crippen LogP contribution in [0.1, 0.15) is 22.5 Å². The van der Waals surface area contributed by atoms with Crippen molar-refractivity contribution in [3.8, 4) is 0 Å². The Hall–Kier alpha value is 0.759. The Balaban J connectivity index is 2.17. The molecule has 2 nitrogen and oxygen atoms in total. The van der Waals surface area contributed by atoms with Crippen molar-refractivity contribution in [2.24, 2.45) is 0 Å². The molecule has 0 bridgehead atoms. The summed E-state index contributed by atoms with van der Waals surface area (Å²) in [5.41, 5.74) is 4.63. The summed E-state index contributed by atoms with van der Waals surface area (Å²) >= 11 is 5.11. The van der Waals surface area contributed by atoms with E-state index in [1.54, 1.807) is 0 Å². The number of hydrogen-bond acceptors (Lipinski definition) is 4. The van der Waals surface area contributed by atoms with Crippen LogP contribution in [-0.4, -0.2) is 21.1 Å². The molecule has 0 radical (unpaired) electrons. The summed E-state index contributed by atoms with van der Waals surface area (Å²) in [6.45, 7) is 8.29. The van der Waals surface area contributed by atoms with E-state index in [1.807, 2.05) is 31.7 Å². The third-order valence-corrected chi connectivity index (χ3v) is 27.9. The molecule has 2 rings (SSSR count). The third-order valence-electron chi connectivity index (χ3n) is 2.60. The van der Waals surface area contributed by atoms with E-state index in [-0.39, 0.29) is 0 Å². The van der Waals surface area contributed by atoms with Crippen LogP contribution < -0.4 is 0 Å². The van der Waals surface area contributed by atoms with Gasteiger partial charge in [0.1, 0.15) is 0 Å². The van der Waals surface area contributed by atoms with E-state index in [0.29, 0.717) is 0 Å². The first-order chi connectivity index (χ1) is 9.73. The molecule has 0 atom stereocenters. The molecular formula is C14H16Br2N2S2Sn. The molecule has 0 saturated heterocycles. The Morgan fingerprint density at radius 1 is 0.762 bits per heavy atom.